The van der Waals surface area contributed by atoms with Crippen LogP contribution >= 0.6 is 7.82 Å². The molecule has 8 atom stereocenters. The summed E-state index contributed by atoms with van der Waals surface area (Å²) in [7, 11) is -5.14. The van der Waals surface area contributed by atoms with Gasteiger partial charge in [0.25, 0.3) is 0 Å². The molecule has 13 nitrogen and oxygen atoms in total. The molecule has 0 radical (unpaired) electrons. The van der Waals surface area contributed by atoms with E-state index in [0.29, 0.717) is 19.3 Å². The Balaban J connectivity index is 2.46. The molecular weight excluding hydrogens is 815 g/mol. The third kappa shape index (κ3) is 29.6. The summed E-state index contributed by atoms with van der Waals surface area (Å²) in [4.78, 5) is 35.6. The molecule has 356 valence electrons. The monoisotopic (exact) mass is 897 g/mol. The van der Waals surface area contributed by atoms with Gasteiger partial charge in [-0.1, -0.05) is 170 Å². The lowest BCUT2D eigenvalue weighted by atomic mass is 9.85. The van der Waals surface area contributed by atoms with Gasteiger partial charge in [-0.05, 0) is 51.4 Å². The zero-order valence-corrected chi connectivity index (χ0v) is 38.5. The zero-order valence-electron chi connectivity index (χ0n) is 37.6. The van der Waals surface area contributed by atoms with E-state index in [1.807, 2.05) is 54.7 Å². The fourth-order valence-corrected chi connectivity index (χ4v) is 7.64. The van der Waals surface area contributed by atoms with Crippen molar-refractivity contribution in [3.05, 3.63) is 72.9 Å². The Kier molecular flexibility index (Phi) is 34.8. The Morgan fingerprint density at radius 3 is 1.48 bits per heavy atom. The Morgan fingerprint density at radius 1 is 0.516 bits per heavy atom. The van der Waals surface area contributed by atoms with E-state index in [1.165, 1.54) is 77.0 Å². The first-order valence-corrected chi connectivity index (χ1v) is 24.8. The number of carbonyl (C=O) groups excluding carboxylic acids is 2. The molecule has 0 saturated heterocycles. The van der Waals surface area contributed by atoms with Gasteiger partial charge >= 0.3 is 19.8 Å². The molecular formula is C48H81O13P. The van der Waals surface area contributed by atoms with E-state index in [4.69, 9.17) is 18.5 Å². The summed E-state index contributed by atoms with van der Waals surface area (Å²) in [5, 5.41) is 50.1. The molecule has 0 spiro atoms. The highest BCUT2D eigenvalue weighted by atomic mass is 31.2. The smallest absolute Gasteiger partial charge is 0.462 e. The quantitative estimate of drug-likeness (QED) is 0.0113. The lowest BCUT2D eigenvalue weighted by Crippen LogP contribution is -2.64. The number of rotatable bonds is 37. The maximum absolute atomic E-state index is 12.8. The van der Waals surface area contributed by atoms with Gasteiger partial charge in [0.2, 0.25) is 0 Å². The Hall–Kier alpha value is -2.71. The van der Waals surface area contributed by atoms with Crippen LogP contribution in [0.25, 0.3) is 0 Å². The van der Waals surface area contributed by atoms with E-state index >= 15 is 0 Å². The predicted octanol–water partition coefficient (Wildman–Crippen LogP) is 9.11. The highest BCUT2D eigenvalue weighted by Gasteiger charge is 2.51. The topological polar surface area (TPSA) is 210 Å². The molecule has 7 unspecified atom stereocenters. The molecule has 1 fully saturated rings. The summed E-state index contributed by atoms with van der Waals surface area (Å²) in [6.45, 7) is 3.08. The van der Waals surface area contributed by atoms with E-state index in [9.17, 15) is 44.6 Å². The maximum Gasteiger partial charge on any atom is 0.472 e. The van der Waals surface area contributed by atoms with E-state index in [1.54, 1.807) is 0 Å². The van der Waals surface area contributed by atoms with Crippen molar-refractivity contribution in [1.29, 1.82) is 0 Å². The van der Waals surface area contributed by atoms with Crippen molar-refractivity contribution >= 4 is 19.8 Å². The standard InChI is InChI=1S/C48H81O13P/c1-3-5-7-9-11-13-15-17-18-19-20-21-22-23-25-26-28-30-32-34-36-41(49)58-38-40(39-59-62(56,57)61-48-46(54)44(52)43(51)45(53)47(48)55)60-42(50)37-35-33-31-29-27-24-16-14-12-10-8-6-4-2/h6,8,10,12,14,16,20-21,24,27,29,31,40,43-48,51-55H,3-5,7,9,11,13,15,17-19,22-23,25-26,28,30,32-39H2,1-2H3,(H,56,57)/b8-6+,12-10+,16-14+,21-20+,27-24+,31-29+/t40?,43?,44-,45?,46?,47?,48?/m0/s1. The van der Waals surface area contributed by atoms with Gasteiger partial charge in [0.05, 0.1) is 6.61 Å². The molecule has 6 N–H and O–H groups in total. The summed E-state index contributed by atoms with van der Waals surface area (Å²) in [6, 6.07) is 0. The summed E-state index contributed by atoms with van der Waals surface area (Å²) in [5.74, 6) is -1.20. The van der Waals surface area contributed by atoms with Crippen LogP contribution in [0.5, 0.6) is 0 Å². The molecule has 1 rings (SSSR count). The molecule has 0 aromatic rings. The van der Waals surface area contributed by atoms with Crippen LogP contribution in [-0.2, 0) is 32.7 Å². The number of ether oxygens (including phenoxy) is 2. The van der Waals surface area contributed by atoms with Crippen molar-refractivity contribution in [2.24, 2.45) is 0 Å². The van der Waals surface area contributed by atoms with E-state index in [2.05, 4.69) is 32.1 Å². The summed E-state index contributed by atoms with van der Waals surface area (Å²) >= 11 is 0. The number of aliphatic hydroxyl groups excluding tert-OH is 5. The van der Waals surface area contributed by atoms with Crippen LogP contribution in [0.3, 0.4) is 0 Å². The van der Waals surface area contributed by atoms with Gasteiger partial charge in [-0.15, -0.1) is 0 Å². The van der Waals surface area contributed by atoms with Crippen molar-refractivity contribution in [1.82, 2.24) is 0 Å². The number of esters is 2. The second kappa shape index (κ2) is 37.6. The number of carbonyl (C=O) groups is 2. The highest BCUT2D eigenvalue weighted by Crippen LogP contribution is 2.47. The maximum atomic E-state index is 12.8. The van der Waals surface area contributed by atoms with Gasteiger partial charge in [0, 0.05) is 12.8 Å². The Bertz CT molecular complexity index is 1360. The molecule has 0 bridgehead atoms. The second-order valence-corrected chi connectivity index (χ2v) is 17.4. The van der Waals surface area contributed by atoms with Crippen molar-refractivity contribution < 1.29 is 63.1 Å². The fraction of sp³-hybridized carbons (Fsp3) is 0.708. The van der Waals surface area contributed by atoms with Crippen LogP contribution in [-0.4, -0.2) is 98.3 Å². The van der Waals surface area contributed by atoms with Crippen molar-refractivity contribution in [3.8, 4) is 0 Å². The van der Waals surface area contributed by atoms with E-state index in [-0.39, 0.29) is 12.8 Å². The highest BCUT2D eigenvalue weighted by molar-refractivity contribution is 7.47. The summed E-state index contributed by atoms with van der Waals surface area (Å²) in [6.07, 6.45) is 34.1. The van der Waals surface area contributed by atoms with Crippen molar-refractivity contribution in [2.75, 3.05) is 13.2 Å². The number of unbranched alkanes of at least 4 members (excludes halogenated alkanes) is 17. The normalized spacial score (nSPS) is 22.5. The molecule has 0 aromatic carbocycles. The minimum absolute atomic E-state index is 0.00355. The number of phosphoric acid groups is 1. The minimum Gasteiger partial charge on any atom is -0.462 e. The first-order valence-electron chi connectivity index (χ1n) is 23.3. The lowest BCUT2D eigenvalue weighted by Gasteiger charge is -2.41. The molecule has 14 heteroatoms. The van der Waals surface area contributed by atoms with Crippen LogP contribution < -0.4 is 0 Å². The van der Waals surface area contributed by atoms with Gasteiger partial charge in [-0.2, -0.15) is 0 Å². The third-order valence-electron chi connectivity index (χ3n) is 10.4. The van der Waals surface area contributed by atoms with Crippen LogP contribution in [0, 0.1) is 0 Å². The fourth-order valence-electron chi connectivity index (χ4n) is 6.66. The zero-order chi connectivity index (χ0) is 45.7. The number of hydrogen-bond donors (Lipinski definition) is 6. The van der Waals surface area contributed by atoms with Gasteiger partial charge in [-0.25, -0.2) is 4.57 Å². The average molecular weight is 897 g/mol. The number of allylic oxidation sites excluding steroid dienone is 12. The van der Waals surface area contributed by atoms with Crippen LogP contribution in [0.2, 0.25) is 0 Å². The summed E-state index contributed by atoms with van der Waals surface area (Å²) < 4.78 is 33.4. The van der Waals surface area contributed by atoms with Crippen LogP contribution in [0.1, 0.15) is 162 Å². The predicted molar refractivity (Wildman–Crippen MR) is 244 cm³/mol. The second-order valence-electron chi connectivity index (χ2n) is 16.0. The first-order chi connectivity index (χ1) is 29.9. The summed E-state index contributed by atoms with van der Waals surface area (Å²) in [5.41, 5.74) is 0. The van der Waals surface area contributed by atoms with Crippen molar-refractivity contribution in [2.45, 2.75) is 204 Å². The Morgan fingerprint density at radius 2 is 0.952 bits per heavy atom. The molecule has 0 aliphatic heterocycles. The molecule has 1 saturated carbocycles. The number of hydrogen-bond acceptors (Lipinski definition) is 12. The molecule has 0 amide bonds. The lowest BCUT2D eigenvalue weighted by molar-refractivity contribution is -0.220. The first kappa shape index (κ1) is 57.3. The van der Waals surface area contributed by atoms with Crippen molar-refractivity contribution in [3.63, 3.8) is 0 Å². The van der Waals surface area contributed by atoms with Gasteiger partial charge in [-0.3, -0.25) is 18.6 Å². The Labute approximate surface area is 372 Å². The largest absolute Gasteiger partial charge is 0.472 e. The van der Waals surface area contributed by atoms with E-state index < -0.39 is 75.7 Å². The van der Waals surface area contributed by atoms with Crippen LogP contribution in [0.4, 0.5) is 0 Å². The van der Waals surface area contributed by atoms with Gasteiger partial charge in [0.1, 0.15) is 43.2 Å². The van der Waals surface area contributed by atoms with Gasteiger partial charge < -0.3 is 39.9 Å². The molecule has 0 aromatic heterocycles. The average Bonchev–Trinajstić information content (AvgIpc) is 3.25. The van der Waals surface area contributed by atoms with E-state index in [0.717, 1.165) is 38.5 Å². The number of aliphatic hydroxyl groups is 5. The van der Waals surface area contributed by atoms with Crippen LogP contribution in [0.15, 0.2) is 72.9 Å². The number of phosphoric ester groups is 1. The van der Waals surface area contributed by atoms with Gasteiger partial charge in [0.15, 0.2) is 6.10 Å². The minimum atomic E-state index is -5.14. The third-order valence-corrected chi connectivity index (χ3v) is 11.4. The molecule has 1 aliphatic rings. The molecule has 1 aliphatic carbocycles. The molecule has 62 heavy (non-hydrogen) atoms. The molecule has 0 heterocycles. The SMILES string of the molecule is CC/C=C/C=C/C=C/C=C/C=C/CCCC(=O)OC(COC(=O)CCCCCCCCC/C=C/CCCCCCCCCCC)COP(=O)(O)OC1C(O)C(O)C(O)[C@H](O)C1O.